The van der Waals surface area contributed by atoms with Gasteiger partial charge in [-0.1, -0.05) is 26.7 Å². The van der Waals surface area contributed by atoms with Gasteiger partial charge in [-0.3, -0.25) is 37.3 Å². The summed E-state index contributed by atoms with van der Waals surface area (Å²) in [5.74, 6) is -2.05. The molecule has 2 aromatic rings. The number of rotatable bonds is 29. The summed E-state index contributed by atoms with van der Waals surface area (Å²) >= 11 is 0. The number of fused-ring (bicyclic) bond motifs is 1. The highest BCUT2D eigenvalue weighted by molar-refractivity contribution is 8.00. The summed E-state index contributed by atoms with van der Waals surface area (Å²) in [7, 11) is -17.1. The summed E-state index contributed by atoms with van der Waals surface area (Å²) in [6.45, 7) is 2.32. The lowest BCUT2D eigenvalue weighted by Gasteiger charge is -2.30. The minimum absolute atomic E-state index is 0.0129. The number of nitrogen functional groups attached to an aromatic ring is 1. The first kappa shape index (κ1) is 59.5. The molecule has 35 heteroatoms. The van der Waals surface area contributed by atoms with Gasteiger partial charge in [0.15, 0.2) is 17.7 Å². The molecule has 2 aliphatic heterocycles. The second kappa shape index (κ2) is 26.2. The van der Waals surface area contributed by atoms with Crippen molar-refractivity contribution in [2.75, 3.05) is 57.9 Å². The first-order valence-electron chi connectivity index (χ1n) is 22.0. The number of amides is 6. The van der Waals surface area contributed by atoms with E-state index in [1.165, 1.54) is 25.8 Å². The van der Waals surface area contributed by atoms with Crippen LogP contribution in [0.4, 0.5) is 15.4 Å². The van der Waals surface area contributed by atoms with Gasteiger partial charge in [-0.2, -0.15) is 4.31 Å². The number of urea groups is 1. The summed E-state index contributed by atoms with van der Waals surface area (Å²) in [6, 6.07) is -0.0333. The number of nitrogens with two attached hydrogens (primary N) is 1. The number of ether oxygens (including phenoxy) is 1. The van der Waals surface area contributed by atoms with Gasteiger partial charge in [0.2, 0.25) is 17.7 Å². The van der Waals surface area contributed by atoms with Gasteiger partial charge in [0.05, 0.1) is 31.3 Å². The molecule has 71 heavy (non-hydrogen) atoms. The molecule has 0 bridgehead atoms. The third-order valence-corrected chi connectivity index (χ3v) is 15.3. The number of imidazole rings is 1. The monoisotopic (exact) mass is 1090 g/mol. The zero-order valence-corrected chi connectivity index (χ0v) is 42.6. The number of phosphoric ester groups is 3. The van der Waals surface area contributed by atoms with Crippen molar-refractivity contribution in [1.82, 2.24) is 51.0 Å². The van der Waals surface area contributed by atoms with Crippen LogP contribution in [0.2, 0.25) is 0 Å². The maximum absolute atomic E-state index is 12.8. The van der Waals surface area contributed by atoms with Crippen LogP contribution >= 0.6 is 23.5 Å². The zero-order chi connectivity index (χ0) is 52.9. The molecular formula is C36H62N11O20P3S. The van der Waals surface area contributed by atoms with Crippen molar-refractivity contribution in [2.24, 2.45) is 5.41 Å². The van der Waals surface area contributed by atoms with Crippen LogP contribution < -0.4 is 32.3 Å². The summed E-state index contributed by atoms with van der Waals surface area (Å²) < 4.78 is 74.9. The molecule has 10 atom stereocenters. The van der Waals surface area contributed by atoms with E-state index in [9.17, 15) is 71.7 Å². The van der Waals surface area contributed by atoms with E-state index in [-0.39, 0.29) is 72.8 Å². The molecular weight excluding hydrogens is 1030 g/mol. The van der Waals surface area contributed by atoms with Gasteiger partial charge in [-0.15, -0.1) is 0 Å². The Kier molecular flexibility index (Phi) is 22.0. The largest absolute Gasteiger partial charge is 0.481 e. The Labute approximate surface area is 409 Å². The maximum Gasteiger partial charge on any atom is 0.481 e. The third kappa shape index (κ3) is 18.7. The SMILES string of the molecule is CC1NC(=O)NC1CCCCCC(=O)NCCCN(C)C(=O)S(=O)CCNC(=O)CCNC(=O)[C@H](O)C(C)(C)COP(=O)(O)OP(=O)(O)OC[C@H]1O[C@@H](n2cnc3c(N)ncnc32)[C@H](O)[C@@H]1OP(=O)(O)O. The minimum Gasteiger partial charge on any atom is -0.386 e. The molecule has 2 fully saturated rings. The van der Waals surface area contributed by atoms with Crippen LogP contribution in [0, 0.1) is 5.41 Å². The highest BCUT2D eigenvalue weighted by Gasteiger charge is 2.50. The summed E-state index contributed by atoms with van der Waals surface area (Å²) in [5, 5.41) is 34.1. The molecule has 4 heterocycles. The third-order valence-electron chi connectivity index (χ3n) is 10.9. The first-order chi connectivity index (χ1) is 33.1. The summed E-state index contributed by atoms with van der Waals surface area (Å²) in [5.41, 5.74) is 4.17. The Balaban J connectivity index is 1.10. The van der Waals surface area contributed by atoms with E-state index in [0.717, 1.165) is 36.5 Å². The maximum atomic E-state index is 12.8. The van der Waals surface area contributed by atoms with Crippen molar-refractivity contribution < 1.29 is 94.3 Å². The molecule has 402 valence electrons. The average molecular weight is 1090 g/mol. The normalized spacial score (nSPS) is 22.9. The molecule has 0 spiro atoms. The van der Waals surface area contributed by atoms with Crippen LogP contribution in [0.3, 0.4) is 0 Å². The Morgan fingerprint density at radius 3 is 2.31 bits per heavy atom. The summed E-state index contributed by atoms with van der Waals surface area (Å²) in [4.78, 5) is 114. The molecule has 0 radical (unpaired) electrons. The zero-order valence-electron chi connectivity index (χ0n) is 39.1. The molecule has 4 rings (SSSR count). The number of carbonyl (C=O) groups excluding carboxylic acids is 5. The fraction of sp³-hybridized carbons (Fsp3) is 0.722. The average Bonchev–Trinajstić information content (AvgIpc) is 3.95. The number of unbranched alkanes of at least 4 members (excludes halogenated alkanes) is 2. The van der Waals surface area contributed by atoms with E-state index >= 15 is 0 Å². The topological polar surface area (TPSA) is 454 Å². The molecule has 31 nitrogen and oxygen atoms in total. The van der Waals surface area contributed by atoms with Gasteiger partial charge >= 0.3 is 34.7 Å². The minimum atomic E-state index is -5.62. The standard InChI is InChI=1S/C36H62N11O20P3S/c1-21-22(45-34(53)44-21)9-6-5-7-10-24(48)38-12-8-15-46(4)35(54)71(62)16-14-39-25(49)11-13-40-32(52)29(51)36(2,3)18-64-70(60,61)67-69(58,59)63-17-23-28(66-68(55,56)57)27(50)33(65-23)47-20-43-26-30(37)41-19-42-31(26)47/h19-23,27-29,33,50-51H,5-18H2,1-4H3,(H,38,48)(H,39,49)(H,40,52)(H,58,59)(H,60,61)(H2,37,41,42)(H2,44,45,53)(H2,55,56,57)/t21?,22?,23-,27-,28-,29+,33-,71?/m1/s1. The molecule has 13 N–H and O–H groups in total. The Hall–Kier alpha value is -4.10. The van der Waals surface area contributed by atoms with Gasteiger partial charge in [0.25, 0.3) is 0 Å². The highest BCUT2D eigenvalue weighted by atomic mass is 32.2. The van der Waals surface area contributed by atoms with Crippen LogP contribution in [0.1, 0.15) is 71.9 Å². The predicted molar refractivity (Wildman–Crippen MR) is 246 cm³/mol. The van der Waals surface area contributed by atoms with E-state index in [2.05, 4.69) is 50.4 Å². The van der Waals surface area contributed by atoms with Gasteiger partial charge < -0.3 is 71.7 Å². The van der Waals surface area contributed by atoms with Crippen molar-refractivity contribution >= 4 is 80.2 Å². The second-order valence-electron chi connectivity index (χ2n) is 17.1. The summed E-state index contributed by atoms with van der Waals surface area (Å²) in [6.07, 6.45) is -3.30. The number of phosphoric acid groups is 3. The first-order valence-corrected chi connectivity index (χ1v) is 27.8. The molecule has 6 amide bonds. The quantitative estimate of drug-likeness (QED) is 0.0334. The fourth-order valence-electron chi connectivity index (χ4n) is 7.00. The smallest absolute Gasteiger partial charge is 0.386 e. The molecule has 5 unspecified atom stereocenters. The van der Waals surface area contributed by atoms with Gasteiger partial charge in [-0.25, -0.2) is 37.7 Å². The second-order valence-corrected chi connectivity index (χ2v) is 22.8. The van der Waals surface area contributed by atoms with E-state index in [4.69, 9.17) is 19.5 Å². The molecule has 0 saturated carbocycles. The van der Waals surface area contributed by atoms with E-state index < -0.39 is 101 Å². The number of aromatic nitrogens is 4. The Bertz CT molecular complexity index is 2360. The van der Waals surface area contributed by atoms with Crippen molar-refractivity contribution in [3.05, 3.63) is 12.7 Å². The number of aliphatic hydroxyl groups excluding tert-OH is 2. The number of hydrogen-bond donors (Lipinski definition) is 12. The van der Waals surface area contributed by atoms with Crippen LogP contribution in [0.5, 0.6) is 0 Å². The van der Waals surface area contributed by atoms with Gasteiger partial charge in [0, 0.05) is 57.5 Å². The number of nitrogens with one attached hydrogen (secondary N) is 5. The van der Waals surface area contributed by atoms with Crippen molar-refractivity contribution in [2.45, 2.75) is 108 Å². The van der Waals surface area contributed by atoms with Crippen LogP contribution in [0.25, 0.3) is 11.2 Å². The molecule has 2 aromatic heterocycles. The molecule has 2 aliphatic rings. The number of aliphatic hydroxyl groups is 2. The van der Waals surface area contributed by atoms with Crippen LogP contribution in [-0.2, 0) is 61.5 Å². The lowest BCUT2D eigenvalue weighted by Crippen LogP contribution is -2.46. The van der Waals surface area contributed by atoms with Gasteiger partial charge in [0.1, 0.15) is 47.1 Å². The van der Waals surface area contributed by atoms with Crippen molar-refractivity contribution in [1.29, 1.82) is 0 Å². The van der Waals surface area contributed by atoms with Crippen LogP contribution in [-0.4, -0.2) is 176 Å². The lowest BCUT2D eigenvalue weighted by molar-refractivity contribution is -0.137. The van der Waals surface area contributed by atoms with Gasteiger partial charge in [-0.05, 0) is 26.2 Å². The van der Waals surface area contributed by atoms with Crippen LogP contribution in [0.15, 0.2) is 12.7 Å². The van der Waals surface area contributed by atoms with Crippen molar-refractivity contribution in [3.8, 4) is 0 Å². The predicted octanol–water partition coefficient (Wildman–Crippen LogP) is -1.27. The number of nitrogens with zero attached hydrogens (tertiary/aromatic N) is 5. The van der Waals surface area contributed by atoms with E-state index in [1.807, 2.05) is 6.92 Å². The Morgan fingerprint density at radius 2 is 1.63 bits per heavy atom. The lowest BCUT2D eigenvalue weighted by atomic mass is 9.87. The number of hydrogen-bond acceptors (Lipinski definition) is 20. The molecule has 0 aliphatic carbocycles. The Morgan fingerprint density at radius 1 is 0.958 bits per heavy atom. The number of anilines is 1. The molecule has 2 saturated heterocycles. The number of carbonyl (C=O) groups is 5. The van der Waals surface area contributed by atoms with E-state index in [1.54, 1.807) is 0 Å². The van der Waals surface area contributed by atoms with Crippen molar-refractivity contribution in [3.63, 3.8) is 0 Å². The highest BCUT2D eigenvalue weighted by Crippen LogP contribution is 2.61. The fourth-order valence-corrected chi connectivity index (χ4v) is 10.7. The van der Waals surface area contributed by atoms with E-state index in [0.29, 0.717) is 25.8 Å². The molecule has 0 aromatic carbocycles.